The molecule has 6 aromatic rings. The summed E-state index contributed by atoms with van der Waals surface area (Å²) >= 11 is 0. The minimum Gasteiger partial charge on any atom is -0.491 e. The normalized spacial score (nSPS) is 13.1. The Labute approximate surface area is 391 Å². The monoisotopic (exact) mass is 928 g/mol. The molecular formula is C47H56N14O7. The summed E-state index contributed by atoms with van der Waals surface area (Å²) in [5.41, 5.74) is 15.0. The number of aryl methyl sites for hydroxylation is 2. The summed E-state index contributed by atoms with van der Waals surface area (Å²) < 4.78 is 15.8. The smallest absolute Gasteiger partial charge is 0.295 e. The third-order valence-electron chi connectivity index (χ3n) is 11.5. The quantitative estimate of drug-likeness (QED) is 0.0417. The Morgan fingerprint density at radius 1 is 0.956 bits per heavy atom. The van der Waals surface area contributed by atoms with Crippen molar-refractivity contribution in [3.05, 3.63) is 89.7 Å². The van der Waals surface area contributed by atoms with Crippen molar-refractivity contribution < 1.29 is 33.1 Å². The van der Waals surface area contributed by atoms with E-state index < -0.39 is 17.7 Å². The number of rotatable bonds is 22. The van der Waals surface area contributed by atoms with Crippen molar-refractivity contribution in [2.24, 2.45) is 22.5 Å². The number of aromatic nitrogens is 7. The highest BCUT2D eigenvalue weighted by Gasteiger charge is 2.30. The minimum atomic E-state index is -0.677. The molecule has 0 bridgehead atoms. The van der Waals surface area contributed by atoms with Crippen molar-refractivity contribution in [3.63, 3.8) is 0 Å². The number of oxazole rings is 1. The summed E-state index contributed by atoms with van der Waals surface area (Å²) in [5.74, 6) is -0.282. The number of hydrogen-bond acceptors (Lipinski definition) is 14. The number of anilines is 1. The van der Waals surface area contributed by atoms with Crippen molar-refractivity contribution in [3.8, 4) is 5.75 Å². The van der Waals surface area contributed by atoms with Crippen LogP contribution in [0.25, 0.3) is 33.1 Å². The maximum atomic E-state index is 13.6. The highest BCUT2D eigenvalue weighted by Crippen LogP contribution is 2.36. The number of amides is 5. The summed E-state index contributed by atoms with van der Waals surface area (Å²) in [7, 11) is 0. The molecule has 0 saturated carbocycles. The van der Waals surface area contributed by atoms with Gasteiger partial charge in [-0.1, -0.05) is 32.6 Å². The molecule has 7 rings (SSSR count). The number of nitrogens with one attached hydrogen (secondary N) is 2. The molecule has 0 atom stereocenters. The SMILES string of the molecule is C=C/C(C)=N\N(CC)Cc1ncc2c3cc(C(N)=O)cc(OCCC4CN(C(=O)CCNC(=O)CC)C4)c3n(C/C=C/Cn3c(NC(=O)c4oc(C)nc4CC)nc4cc(C(N)=O)cnc43)c2n1. The van der Waals surface area contributed by atoms with Gasteiger partial charge in [0.2, 0.25) is 35.3 Å². The van der Waals surface area contributed by atoms with Gasteiger partial charge in [-0.3, -0.25) is 38.9 Å². The third kappa shape index (κ3) is 10.7. The van der Waals surface area contributed by atoms with Gasteiger partial charge in [-0.15, -0.1) is 0 Å². The van der Waals surface area contributed by atoms with Crippen molar-refractivity contribution in [1.82, 2.24) is 49.3 Å². The number of benzene rings is 1. The van der Waals surface area contributed by atoms with E-state index in [1.54, 1.807) is 47.7 Å². The Morgan fingerprint density at radius 3 is 2.40 bits per heavy atom. The standard InChI is InChI=1S/C47H56N14O7/c1-7-27(5)57-59(10-4)26-37-51-23-33-32-19-30(42(48)64)21-36(67-18-14-29-24-58(25-29)39(63)13-15-50-38(62)9-3)40(32)60(44(33)55-37)16-11-12-17-61-45-35(20-31(22-52-45)43(49)65)54-47(61)56-46(66)41-34(8-2)53-28(6)68-41/h7,11-12,19-23,29H,1,8-10,13-18,24-26H2,2-6H3,(H2,48,64)(H2,49,65)(H,50,62)(H,54,56,66)/b12-11+,57-27-. The number of pyridine rings is 1. The zero-order valence-electron chi connectivity index (χ0n) is 38.9. The van der Waals surface area contributed by atoms with Gasteiger partial charge in [-0.05, 0) is 56.9 Å². The van der Waals surface area contributed by atoms with Crippen LogP contribution in [0.3, 0.4) is 0 Å². The van der Waals surface area contributed by atoms with Gasteiger partial charge < -0.3 is 35.4 Å². The first-order chi connectivity index (χ1) is 32.7. The lowest BCUT2D eigenvalue weighted by molar-refractivity contribution is -0.137. The largest absolute Gasteiger partial charge is 0.491 e. The van der Waals surface area contributed by atoms with Gasteiger partial charge in [-0.25, -0.2) is 24.9 Å². The third-order valence-corrected chi connectivity index (χ3v) is 11.5. The Morgan fingerprint density at radius 2 is 1.71 bits per heavy atom. The maximum Gasteiger partial charge on any atom is 0.295 e. The van der Waals surface area contributed by atoms with E-state index in [0.717, 1.165) is 5.71 Å². The second kappa shape index (κ2) is 21.1. The van der Waals surface area contributed by atoms with E-state index in [-0.39, 0.29) is 66.7 Å². The number of nitrogens with zero attached hydrogens (tertiary/aromatic N) is 10. The van der Waals surface area contributed by atoms with Gasteiger partial charge in [0, 0.05) is 87.8 Å². The topological polar surface area (TPSA) is 277 Å². The first-order valence-electron chi connectivity index (χ1n) is 22.5. The molecule has 5 amide bonds. The lowest BCUT2D eigenvalue weighted by atomic mass is 9.96. The van der Waals surface area contributed by atoms with E-state index in [1.807, 2.05) is 42.5 Å². The molecule has 68 heavy (non-hydrogen) atoms. The van der Waals surface area contributed by atoms with Crippen molar-refractivity contribution in [1.29, 1.82) is 0 Å². The highest BCUT2D eigenvalue weighted by atomic mass is 16.5. The summed E-state index contributed by atoms with van der Waals surface area (Å²) in [4.78, 5) is 87.6. The number of nitrogens with two attached hydrogens (primary N) is 2. The number of hydrazone groups is 1. The Hall–Kier alpha value is -7.97. The maximum absolute atomic E-state index is 13.6. The molecule has 1 aromatic carbocycles. The van der Waals surface area contributed by atoms with Crippen molar-refractivity contribution >= 4 is 74.3 Å². The summed E-state index contributed by atoms with van der Waals surface area (Å²) in [5, 5.41) is 13.4. The van der Waals surface area contributed by atoms with Crippen LogP contribution in [0.15, 0.2) is 64.9 Å². The molecule has 21 nitrogen and oxygen atoms in total. The molecule has 0 aliphatic carbocycles. The lowest BCUT2D eigenvalue weighted by Gasteiger charge is -2.39. The second-order valence-electron chi connectivity index (χ2n) is 16.3. The van der Waals surface area contributed by atoms with Crippen LogP contribution in [0, 0.1) is 12.8 Å². The van der Waals surface area contributed by atoms with Crippen LogP contribution in [0.1, 0.15) is 95.6 Å². The number of carbonyl (C=O) groups excluding carboxylic acids is 5. The van der Waals surface area contributed by atoms with Crippen molar-refractivity contribution in [2.45, 2.75) is 79.9 Å². The predicted octanol–water partition coefficient (Wildman–Crippen LogP) is 4.42. The van der Waals surface area contributed by atoms with Crippen molar-refractivity contribution in [2.75, 3.05) is 38.1 Å². The van der Waals surface area contributed by atoms with E-state index in [2.05, 4.69) is 37.3 Å². The molecule has 0 radical (unpaired) electrons. The Balaban J connectivity index is 1.20. The number of fused-ring (bicyclic) bond motifs is 4. The molecule has 0 spiro atoms. The summed E-state index contributed by atoms with van der Waals surface area (Å²) in [6, 6.07) is 4.85. The van der Waals surface area contributed by atoms with E-state index in [1.165, 1.54) is 12.3 Å². The van der Waals surface area contributed by atoms with Crippen LogP contribution in [0.2, 0.25) is 0 Å². The van der Waals surface area contributed by atoms with Gasteiger partial charge in [0.05, 0.1) is 35.6 Å². The molecule has 5 aromatic heterocycles. The fourth-order valence-corrected chi connectivity index (χ4v) is 7.86. The summed E-state index contributed by atoms with van der Waals surface area (Å²) in [6.45, 7) is 16.0. The van der Waals surface area contributed by atoms with Gasteiger partial charge in [0.25, 0.3) is 5.91 Å². The molecule has 1 aliphatic rings. The Kier molecular flexibility index (Phi) is 14.9. The van der Waals surface area contributed by atoms with Gasteiger partial charge in [0.15, 0.2) is 17.4 Å². The molecule has 1 saturated heterocycles. The molecular weight excluding hydrogens is 873 g/mol. The van der Waals surface area contributed by atoms with Crippen LogP contribution in [-0.4, -0.2) is 112 Å². The minimum absolute atomic E-state index is 0.0139. The number of carbonyl (C=O) groups is 5. The lowest BCUT2D eigenvalue weighted by Crippen LogP contribution is -2.50. The molecule has 1 aliphatic heterocycles. The molecule has 6 heterocycles. The zero-order valence-corrected chi connectivity index (χ0v) is 38.9. The zero-order chi connectivity index (χ0) is 48.6. The van der Waals surface area contributed by atoms with Gasteiger partial charge in [-0.2, -0.15) is 5.10 Å². The number of likely N-dealkylation sites (tertiary alicyclic amines) is 1. The molecule has 0 unspecified atom stereocenters. The van der Waals surface area contributed by atoms with Crippen LogP contribution in [0.5, 0.6) is 5.75 Å². The van der Waals surface area contributed by atoms with E-state index >= 15 is 0 Å². The number of ether oxygens (including phenoxy) is 1. The van der Waals surface area contributed by atoms with Crippen LogP contribution in [0.4, 0.5) is 5.95 Å². The van der Waals surface area contributed by atoms with Crippen LogP contribution in [-0.2, 0) is 35.6 Å². The number of hydrogen-bond donors (Lipinski definition) is 4. The molecule has 356 valence electrons. The first-order valence-corrected chi connectivity index (χ1v) is 22.5. The number of primary amides is 2. The first kappa shape index (κ1) is 48.0. The molecule has 21 heteroatoms. The average molecular weight is 929 g/mol. The fourth-order valence-electron chi connectivity index (χ4n) is 7.86. The van der Waals surface area contributed by atoms with E-state index in [4.69, 9.17) is 30.6 Å². The molecule has 6 N–H and O–H groups in total. The van der Waals surface area contributed by atoms with E-state index in [0.29, 0.717) is 108 Å². The Bertz CT molecular complexity index is 2980. The van der Waals surface area contributed by atoms with Gasteiger partial charge in [0.1, 0.15) is 16.9 Å². The number of imidazole rings is 1. The van der Waals surface area contributed by atoms with Crippen LogP contribution < -0.4 is 26.8 Å². The average Bonchev–Trinajstić information content (AvgIpc) is 3.97. The summed E-state index contributed by atoms with van der Waals surface area (Å²) in [6.07, 6.45) is 10.3. The van der Waals surface area contributed by atoms with Gasteiger partial charge >= 0.3 is 0 Å². The predicted molar refractivity (Wildman–Crippen MR) is 255 cm³/mol. The van der Waals surface area contributed by atoms with E-state index in [9.17, 15) is 24.0 Å². The number of allylic oxidation sites excluding steroid dienone is 3. The highest BCUT2D eigenvalue weighted by molar-refractivity contribution is 6.11. The van der Waals surface area contributed by atoms with Crippen LogP contribution >= 0.6 is 0 Å². The molecule has 1 fully saturated rings. The second-order valence-corrected chi connectivity index (χ2v) is 16.3. The fraction of sp³-hybridized carbons (Fsp3) is 0.383.